The Balaban J connectivity index is 1.92. The average molecular weight is 246 g/mol. The fourth-order valence-electron chi connectivity index (χ4n) is 1.48. The van der Waals surface area contributed by atoms with E-state index in [0.717, 1.165) is 11.5 Å². The number of carbonyl (C=O) groups excluding carboxylic acids is 1. The minimum absolute atomic E-state index is 0.118. The van der Waals surface area contributed by atoms with Gasteiger partial charge in [0.15, 0.2) is 0 Å². The highest BCUT2D eigenvalue weighted by molar-refractivity contribution is 5.91. The van der Waals surface area contributed by atoms with Crippen LogP contribution in [-0.4, -0.2) is 23.0 Å². The lowest BCUT2D eigenvalue weighted by molar-refractivity contribution is -0.125. The predicted molar refractivity (Wildman–Crippen MR) is 65.5 cm³/mol. The number of aromatic nitrogens is 1. The van der Waals surface area contributed by atoms with Gasteiger partial charge in [0, 0.05) is 19.2 Å². The second-order valence-electron chi connectivity index (χ2n) is 3.97. The van der Waals surface area contributed by atoms with Gasteiger partial charge in [0.2, 0.25) is 5.91 Å². The zero-order chi connectivity index (χ0) is 13.0. The molecular formula is C13H14N2O3. The van der Waals surface area contributed by atoms with Crippen molar-refractivity contribution in [1.82, 2.24) is 10.1 Å². The summed E-state index contributed by atoms with van der Waals surface area (Å²) in [5.41, 5.74) is 0.731. The Morgan fingerprint density at radius 3 is 3.00 bits per heavy atom. The van der Waals surface area contributed by atoms with E-state index in [1.54, 1.807) is 42.5 Å². The second-order valence-corrected chi connectivity index (χ2v) is 3.97. The van der Waals surface area contributed by atoms with Crippen LogP contribution >= 0.6 is 0 Å². The highest BCUT2D eigenvalue weighted by atomic mass is 16.5. The molecule has 0 fully saturated rings. The molecule has 1 amide bonds. The molecule has 0 radical (unpaired) electrons. The van der Waals surface area contributed by atoms with Crippen molar-refractivity contribution in [2.45, 2.75) is 13.5 Å². The Bertz CT molecular complexity index is 540. The van der Waals surface area contributed by atoms with Crippen molar-refractivity contribution in [2.24, 2.45) is 0 Å². The van der Waals surface area contributed by atoms with Gasteiger partial charge in [-0.25, -0.2) is 0 Å². The minimum Gasteiger partial charge on any atom is -0.465 e. The van der Waals surface area contributed by atoms with Crippen molar-refractivity contribution in [3.05, 3.63) is 47.8 Å². The molecule has 0 saturated carbocycles. The fraction of sp³-hybridized carbons (Fsp3) is 0.231. The first-order valence-corrected chi connectivity index (χ1v) is 5.54. The number of amides is 1. The number of rotatable bonds is 4. The number of furan rings is 1. The zero-order valence-electron chi connectivity index (χ0n) is 10.3. The van der Waals surface area contributed by atoms with Gasteiger partial charge in [-0.3, -0.25) is 4.79 Å². The molecular weight excluding hydrogens is 232 g/mol. The van der Waals surface area contributed by atoms with Gasteiger partial charge in [-0.2, -0.15) is 0 Å². The molecule has 0 aliphatic heterocycles. The number of carbonyl (C=O) groups is 1. The number of nitrogens with zero attached hydrogens (tertiary/aromatic N) is 2. The van der Waals surface area contributed by atoms with Crippen molar-refractivity contribution in [2.75, 3.05) is 7.05 Å². The molecule has 94 valence electrons. The van der Waals surface area contributed by atoms with Crippen molar-refractivity contribution in [3.8, 4) is 0 Å². The summed E-state index contributed by atoms with van der Waals surface area (Å²) in [6.45, 7) is 2.23. The van der Waals surface area contributed by atoms with Crippen molar-refractivity contribution >= 4 is 12.0 Å². The Kier molecular flexibility index (Phi) is 3.62. The second kappa shape index (κ2) is 5.35. The molecule has 0 unspecified atom stereocenters. The van der Waals surface area contributed by atoms with E-state index in [2.05, 4.69) is 5.16 Å². The lowest BCUT2D eigenvalue weighted by atomic mass is 10.3. The molecule has 2 aromatic rings. The summed E-state index contributed by atoms with van der Waals surface area (Å²) < 4.78 is 10.0. The Hall–Kier alpha value is -2.30. The molecule has 2 rings (SSSR count). The molecule has 0 N–H and O–H groups in total. The van der Waals surface area contributed by atoms with E-state index >= 15 is 0 Å². The summed E-state index contributed by atoms with van der Waals surface area (Å²) >= 11 is 0. The molecule has 0 aromatic carbocycles. The van der Waals surface area contributed by atoms with Crippen molar-refractivity contribution < 1.29 is 13.7 Å². The Morgan fingerprint density at radius 1 is 1.56 bits per heavy atom. The van der Waals surface area contributed by atoms with Gasteiger partial charge in [0.25, 0.3) is 0 Å². The molecule has 5 heteroatoms. The van der Waals surface area contributed by atoms with Crippen LogP contribution in [0.1, 0.15) is 17.2 Å². The molecule has 0 atom stereocenters. The minimum atomic E-state index is -0.118. The summed E-state index contributed by atoms with van der Waals surface area (Å²) in [6.07, 6.45) is 4.66. The SMILES string of the molecule is Cc1cc(CN(C)C(=O)C=Cc2ccco2)no1. The largest absolute Gasteiger partial charge is 0.465 e. The quantitative estimate of drug-likeness (QED) is 0.776. The van der Waals surface area contributed by atoms with Crippen LogP contribution in [0.3, 0.4) is 0 Å². The number of hydrogen-bond donors (Lipinski definition) is 0. The first-order chi connectivity index (χ1) is 8.65. The van der Waals surface area contributed by atoms with Gasteiger partial charge in [-0.05, 0) is 25.1 Å². The third-order valence-corrected chi connectivity index (χ3v) is 2.39. The maximum Gasteiger partial charge on any atom is 0.246 e. The maximum atomic E-state index is 11.8. The molecule has 18 heavy (non-hydrogen) atoms. The van der Waals surface area contributed by atoms with E-state index in [9.17, 15) is 4.79 Å². The number of hydrogen-bond acceptors (Lipinski definition) is 4. The molecule has 0 bridgehead atoms. The molecule has 0 aliphatic rings. The van der Waals surface area contributed by atoms with Crippen LogP contribution in [0.4, 0.5) is 0 Å². The molecule has 0 spiro atoms. The first kappa shape index (κ1) is 12.2. The van der Waals surface area contributed by atoms with E-state index in [4.69, 9.17) is 8.94 Å². The van der Waals surface area contributed by atoms with Gasteiger partial charge in [-0.1, -0.05) is 5.16 Å². The fourth-order valence-corrected chi connectivity index (χ4v) is 1.48. The standard InChI is InChI=1S/C13H14N2O3/c1-10-8-11(14-18-10)9-15(2)13(16)6-5-12-4-3-7-17-12/h3-8H,9H2,1-2H3. The van der Waals surface area contributed by atoms with E-state index in [0.29, 0.717) is 12.3 Å². The normalized spacial score (nSPS) is 11.0. The molecule has 5 nitrogen and oxygen atoms in total. The monoisotopic (exact) mass is 246 g/mol. The van der Waals surface area contributed by atoms with Crippen LogP contribution in [0.15, 0.2) is 39.5 Å². The maximum absolute atomic E-state index is 11.8. The third-order valence-electron chi connectivity index (χ3n) is 2.39. The molecule has 0 saturated heterocycles. The topological polar surface area (TPSA) is 59.5 Å². The van der Waals surface area contributed by atoms with E-state index in [1.165, 1.54) is 6.08 Å². The lowest BCUT2D eigenvalue weighted by Crippen LogP contribution is -2.24. The summed E-state index contributed by atoms with van der Waals surface area (Å²) in [5.74, 6) is 1.26. The van der Waals surface area contributed by atoms with E-state index in [1.807, 2.05) is 6.92 Å². The summed E-state index contributed by atoms with van der Waals surface area (Å²) in [5, 5.41) is 3.84. The van der Waals surface area contributed by atoms with Crippen LogP contribution in [0.25, 0.3) is 6.08 Å². The summed E-state index contributed by atoms with van der Waals surface area (Å²) in [6, 6.07) is 5.36. The smallest absolute Gasteiger partial charge is 0.246 e. The van der Waals surface area contributed by atoms with Crippen LogP contribution in [0.5, 0.6) is 0 Å². The predicted octanol–water partition coefficient (Wildman–Crippen LogP) is 2.25. The van der Waals surface area contributed by atoms with Crippen LogP contribution in [0.2, 0.25) is 0 Å². The summed E-state index contributed by atoms with van der Waals surface area (Å²) in [4.78, 5) is 13.3. The molecule has 0 aliphatic carbocycles. The van der Waals surface area contributed by atoms with Gasteiger partial charge < -0.3 is 13.8 Å². The average Bonchev–Trinajstić information content (AvgIpc) is 2.97. The van der Waals surface area contributed by atoms with Crippen molar-refractivity contribution in [3.63, 3.8) is 0 Å². The highest BCUT2D eigenvalue weighted by Crippen LogP contribution is 2.06. The van der Waals surface area contributed by atoms with Gasteiger partial charge in [0.1, 0.15) is 17.2 Å². The van der Waals surface area contributed by atoms with Gasteiger partial charge in [-0.15, -0.1) is 0 Å². The van der Waals surface area contributed by atoms with Gasteiger partial charge >= 0.3 is 0 Å². The zero-order valence-corrected chi connectivity index (χ0v) is 10.3. The highest BCUT2D eigenvalue weighted by Gasteiger charge is 2.08. The Labute approximate surface area is 105 Å². The summed E-state index contributed by atoms with van der Waals surface area (Å²) in [7, 11) is 1.71. The first-order valence-electron chi connectivity index (χ1n) is 5.54. The van der Waals surface area contributed by atoms with E-state index < -0.39 is 0 Å². The molecule has 2 aromatic heterocycles. The number of aryl methyl sites for hydroxylation is 1. The van der Waals surface area contributed by atoms with Crippen LogP contribution in [-0.2, 0) is 11.3 Å². The number of likely N-dealkylation sites (N-methyl/N-ethyl adjacent to an activating group) is 1. The third kappa shape index (κ3) is 3.10. The van der Waals surface area contributed by atoms with Crippen molar-refractivity contribution in [1.29, 1.82) is 0 Å². The lowest BCUT2D eigenvalue weighted by Gasteiger charge is -2.12. The van der Waals surface area contributed by atoms with Crippen LogP contribution in [0, 0.1) is 6.92 Å². The molecule has 2 heterocycles. The van der Waals surface area contributed by atoms with E-state index in [-0.39, 0.29) is 5.91 Å². The van der Waals surface area contributed by atoms with Gasteiger partial charge in [0.05, 0.1) is 12.8 Å². The van der Waals surface area contributed by atoms with Crippen LogP contribution < -0.4 is 0 Å². The Morgan fingerprint density at radius 2 is 2.39 bits per heavy atom.